The molecule has 0 spiro atoms. The van der Waals surface area contributed by atoms with E-state index in [1.54, 1.807) is 0 Å². The van der Waals surface area contributed by atoms with E-state index in [0.717, 1.165) is 10.7 Å². The molecule has 22 heavy (non-hydrogen) atoms. The zero-order chi connectivity index (χ0) is 14.9. The highest BCUT2D eigenvalue weighted by molar-refractivity contribution is 6.30. The van der Waals surface area contributed by atoms with Gasteiger partial charge in [-0.3, -0.25) is 0 Å². The van der Waals surface area contributed by atoms with Crippen LogP contribution in [-0.4, -0.2) is 4.40 Å². The standard InChI is InChI=1S/C20H14ClN/c21-19-13-7-12-18-20(16-10-5-2-6-11-16)17(14-22(18)19)15-8-3-1-4-9-15/h1-14H. The van der Waals surface area contributed by atoms with E-state index in [1.165, 1.54) is 22.3 Å². The van der Waals surface area contributed by atoms with Gasteiger partial charge in [0.15, 0.2) is 0 Å². The van der Waals surface area contributed by atoms with E-state index in [2.05, 4.69) is 60.8 Å². The fourth-order valence-electron chi connectivity index (χ4n) is 2.91. The van der Waals surface area contributed by atoms with Crippen molar-refractivity contribution in [1.29, 1.82) is 0 Å². The van der Waals surface area contributed by atoms with Crippen LogP contribution >= 0.6 is 11.6 Å². The molecule has 0 radical (unpaired) electrons. The highest BCUT2D eigenvalue weighted by Crippen LogP contribution is 2.38. The van der Waals surface area contributed by atoms with Gasteiger partial charge in [-0.1, -0.05) is 78.3 Å². The lowest BCUT2D eigenvalue weighted by Gasteiger charge is -2.05. The first-order valence-electron chi connectivity index (χ1n) is 7.25. The predicted octanol–water partition coefficient (Wildman–Crippen LogP) is 5.93. The van der Waals surface area contributed by atoms with Crippen LogP contribution in [0.3, 0.4) is 0 Å². The Bertz CT molecular complexity index is 924. The Hall–Kier alpha value is -2.51. The zero-order valence-electron chi connectivity index (χ0n) is 11.9. The lowest BCUT2D eigenvalue weighted by molar-refractivity contribution is 1.20. The molecule has 4 aromatic rings. The Morgan fingerprint density at radius 1 is 0.636 bits per heavy atom. The van der Waals surface area contributed by atoms with Crippen LogP contribution in [0.1, 0.15) is 0 Å². The largest absolute Gasteiger partial charge is 0.306 e. The molecule has 0 unspecified atom stereocenters. The maximum atomic E-state index is 6.38. The van der Waals surface area contributed by atoms with Gasteiger partial charge in [-0.05, 0) is 23.3 Å². The monoisotopic (exact) mass is 303 g/mol. The number of fused-ring (bicyclic) bond motifs is 1. The first-order chi connectivity index (χ1) is 10.8. The summed E-state index contributed by atoms with van der Waals surface area (Å²) < 4.78 is 2.05. The summed E-state index contributed by atoms with van der Waals surface area (Å²) in [6.45, 7) is 0. The lowest BCUT2D eigenvalue weighted by Crippen LogP contribution is -1.83. The molecule has 2 heteroatoms. The van der Waals surface area contributed by atoms with E-state index < -0.39 is 0 Å². The van der Waals surface area contributed by atoms with Crippen molar-refractivity contribution in [3.63, 3.8) is 0 Å². The molecule has 0 N–H and O–H groups in total. The fraction of sp³-hybridized carbons (Fsp3) is 0. The van der Waals surface area contributed by atoms with Crippen molar-refractivity contribution in [3.8, 4) is 22.3 Å². The molecule has 0 saturated heterocycles. The number of hydrogen-bond acceptors (Lipinski definition) is 0. The molecule has 0 atom stereocenters. The molecule has 4 rings (SSSR count). The smallest absolute Gasteiger partial charge is 0.113 e. The van der Waals surface area contributed by atoms with Gasteiger partial charge in [0.05, 0.1) is 5.52 Å². The second kappa shape index (κ2) is 5.36. The molecular weight excluding hydrogens is 290 g/mol. The normalized spacial score (nSPS) is 11.0. The van der Waals surface area contributed by atoms with Gasteiger partial charge in [0.25, 0.3) is 0 Å². The number of nitrogens with zero attached hydrogens (tertiary/aromatic N) is 1. The molecule has 0 amide bonds. The van der Waals surface area contributed by atoms with Crippen molar-refractivity contribution in [2.75, 3.05) is 0 Å². The SMILES string of the molecule is Clc1cccc2c(-c3ccccc3)c(-c3ccccc3)cn12. The van der Waals surface area contributed by atoms with E-state index in [4.69, 9.17) is 11.6 Å². The zero-order valence-corrected chi connectivity index (χ0v) is 12.7. The van der Waals surface area contributed by atoms with Crippen molar-refractivity contribution in [1.82, 2.24) is 4.40 Å². The molecule has 1 nitrogen and oxygen atoms in total. The minimum Gasteiger partial charge on any atom is -0.306 e. The van der Waals surface area contributed by atoms with Gasteiger partial charge in [-0.2, -0.15) is 0 Å². The van der Waals surface area contributed by atoms with Gasteiger partial charge < -0.3 is 4.40 Å². The van der Waals surface area contributed by atoms with Crippen LogP contribution in [0.5, 0.6) is 0 Å². The predicted molar refractivity (Wildman–Crippen MR) is 93.3 cm³/mol. The highest BCUT2D eigenvalue weighted by Gasteiger charge is 2.15. The molecule has 0 aliphatic carbocycles. The Morgan fingerprint density at radius 3 is 1.95 bits per heavy atom. The minimum absolute atomic E-state index is 0.719. The van der Waals surface area contributed by atoms with E-state index >= 15 is 0 Å². The number of pyridine rings is 1. The second-order valence-electron chi connectivity index (χ2n) is 5.25. The van der Waals surface area contributed by atoms with Gasteiger partial charge in [0.2, 0.25) is 0 Å². The number of hydrogen-bond donors (Lipinski definition) is 0. The van der Waals surface area contributed by atoms with E-state index in [1.807, 2.05) is 28.7 Å². The first kappa shape index (κ1) is 13.2. The average molecular weight is 304 g/mol. The molecule has 0 saturated carbocycles. The molecule has 0 aliphatic rings. The minimum atomic E-state index is 0.719. The third-order valence-electron chi connectivity index (χ3n) is 3.91. The first-order valence-corrected chi connectivity index (χ1v) is 7.63. The summed E-state index contributed by atoms with van der Waals surface area (Å²) >= 11 is 6.38. The van der Waals surface area contributed by atoms with Crippen molar-refractivity contribution in [2.24, 2.45) is 0 Å². The van der Waals surface area contributed by atoms with Crippen LogP contribution in [0.15, 0.2) is 85.1 Å². The van der Waals surface area contributed by atoms with Crippen molar-refractivity contribution >= 4 is 17.1 Å². The third kappa shape index (κ3) is 2.11. The molecule has 2 heterocycles. The van der Waals surface area contributed by atoms with Crippen LogP contribution in [0, 0.1) is 0 Å². The maximum Gasteiger partial charge on any atom is 0.113 e. The molecule has 106 valence electrons. The van der Waals surface area contributed by atoms with Gasteiger partial charge in [-0.15, -0.1) is 0 Å². The highest BCUT2D eigenvalue weighted by atomic mass is 35.5. The number of benzene rings is 2. The second-order valence-corrected chi connectivity index (χ2v) is 5.64. The Kier molecular flexibility index (Phi) is 3.21. The van der Waals surface area contributed by atoms with Gasteiger partial charge in [0.1, 0.15) is 5.15 Å². The van der Waals surface area contributed by atoms with Gasteiger partial charge in [-0.25, -0.2) is 0 Å². The number of halogens is 1. The Labute approximate surface area is 134 Å². The quantitative estimate of drug-likeness (QED) is 0.404. The summed E-state index contributed by atoms with van der Waals surface area (Å²) in [5.74, 6) is 0. The molecule has 2 aromatic carbocycles. The Balaban J connectivity index is 2.10. The van der Waals surface area contributed by atoms with E-state index in [0.29, 0.717) is 0 Å². The van der Waals surface area contributed by atoms with Crippen molar-refractivity contribution in [2.45, 2.75) is 0 Å². The van der Waals surface area contributed by atoms with E-state index in [-0.39, 0.29) is 0 Å². The molecule has 0 fully saturated rings. The maximum absolute atomic E-state index is 6.38. The summed E-state index contributed by atoms with van der Waals surface area (Å²) in [4.78, 5) is 0. The molecule has 0 aliphatic heterocycles. The fourth-order valence-corrected chi connectivity index (χ4v) is 3.12. The molecule has 2 aromatic heterocycles. The van der Waals surface area contributed by atoms with Crippen LogP contribution in [0.25, 0.3) is 27.8 Å². The Morgan fingerprint density at radius 2 is 1.27 bits per heavy atom. The lowest BCUT2D eigenvalue weighted by atomic mass is 9.98. The summed E-state index contributed by atoms with van der Waals surface area (Å²) in [7, 11) is 0. The third-order valence-corrected chi connectivity index (χ3v) is 4.22. The molecule has 0 bridgehead atoms. The number of rotatable bonds is 2. The van der Waals surface area contributed by atoms with Gasteiger partial charge >= 0.3 is 0 Å². The van der Waals surface area contributed by atoms with Crippen molar-refractivity contribution < 1.29 is 0 Å². The van der Waals surface area contributed by atoms with Crippen molar-refractivity contribution in [3.05, 3.63) is 90.2 Å². The summed E-state index contributed by atoms with van der Waals surface area (Å²) in [5.41, 5.74) is 5.93. The van der Waals surface area contributed by atoms with Crippen LogP contribution in [-0.2, 0) is 0 Å². The van der Waals surface area contributed by atoms with Gasteiger partial charge in [0, 0.05) is 17.3 Å². The summed E-state index contributed by atoms with van der Waals surface area (Å²) in [6.07, 6.45) is 2.12. The topological polar surface area (TPSA) is 4.41 Å². The average Bonchev–Trinajstić information content (AvgIpc) is 2.97. The summed E-state index contributed by atoms with van der Waals surface area (Å²) in [6, 6.07) is 26.9. The van der Waals surface area contributed by atoms with Crippen LogP contribution in [0.4, 0.5) is 0 Å². The van der Waals surface area contributed by atoms with Crippen LogP contribution < -0.4 is 0 Å². The van der Waals surface area contributed by atoms with E-state index in [9.17, 15) is 0 Å². The molecular formula is C20H14ClN. The summed E-state index contributed by atoms with van der Waals surface area (Å²) in [5, 5.41) is 0.719. The van der Waals surface area contributed by atoms with Crippen LogP contribution in [0.2, 0.25) is 5.15 Å². The number of aromatic nitrogens is 1.